The second kappa shape index (κ2) is 5.03. The predicted molar refractivity (Wildman–Crippen MR) is 65.6 cm³/mol. The highest BCUT2D eigenvalue weighted by Gasteiger charge is 2.29. The number of amides is 1. The molecule has 1 atom stereocenters. The summed E-state index contributed by atoms with van der Waals surface area (Å²) < 4.78 is 0. The van der Waals surface area contributed by atoms with Crippen molar-refractivity contribution in [2.45, 2.75) is 19.4 Å². The number of carbonyl (C=O) groups is 2. The lowest BCUT2D eigenvalue weighted by atomic mass is 10.1. The maximum absolute atomic E-state index is 11.7. The molecule has 0 spiro atoms. The number of anilines is 1. The zero-order chi connectivity index (χ0) is 13.1. The van der Waals surface area contributed by atoms with Crippen LogP contribution in [0, 0.1) is 0 Å². The first kappa shape index (κ1) is 12.3. The van der Waals surface area contributed by atoms with E-state index in [9.17, 15) is 9.59 Å². The summed E-state index contributed by atoms with van der Waals surface area (Å²) in [5.74, 6) is -0.561. The molecule has 1 aliphatic rings. The lowest BCUT2D eigenvalue weighted by molar-refractivity contribution is -0.123. The number of piperazine rings is 1. The largest absolute Gasteiger partial charge is 0.477 e. The number of carbonyl (C=O) groups excluding carboxylic acids is 1. The number of pyridine rings is 1. The van der Waals surface area contributed by atoms with Gasteiger partial charge in [-0.3, -0.25) is 4.79 Å². The van der Waals surface area contributed by atoms with E-state index in [1.165, 1.54) is 6.07 Å². The Labute approximate surface area is 105 Å². The minimum atomic E-state index is -1.06. The Morgan fingerprint density at radius 3 is 3.06 bits per heavy atom. The molecular formula is C12H15N3O3. The van der Waals surface area contributed by atoms with Gasteiger partial charge in [-0.15, -0.1) is 0 Å². The first-order valence-corrected chi connectivity index (χ1v) is 5.88. The van der Waals surface area contributed by atoms with Crippen molar-refractivity contribution in [2.24, 2.45) is 0 Å². The van der Waals surface area contributed by atoms with Crippen molar-refractivity contribution in [1.82, 2.24) is 10.3 Å². The van der Waals surface area contributed by atoms with E-state index < -0.39 is 5.97 Å². The van der Waals surface area contributed by atoms with Gasteiger partial charge >= 0.3 is 5.97 Å². The third-order valence-electron chi connectivity index (χ3n) is 2.97. The van der Waals surface area contributed by atoms with Gasteiger partial charge in [0.2, 0.25) is 5.91 Å². The quantitative estimate of drug-likeness (QED) is 0.815. The Hall–Kier alpha value is -2.11. The van der Waals surface area contributed by atoms with Gasteiger partial charge in [-0.1, -0.05) is 13.0 Å². The maximum Gasteiger partial charge on any atom is 0.354 e. The van der Waals surface area contributed by atoms with Crippen molar-refractivity contribution < 1.29 is 14.7 Å². The Morgan fingerprint density at radius 2 is 2.39 bits per heavy atom. The average Bonchev–Trinajstić information content (AvgIpc) is 2.38. The number of aromatic nitrogens is 1. The second-order valence-corrected chi connectivity index (χ2v) is 4.09. The van der Waals surface area contributed by atoms with Gasteiger partial charge in [-0.25, -0.2) is 9.78 Å². The van der Waals surface area contributed by atoms with Gasteiger partial charge in [0.1, 0.15) is 11.9 Å². The van der Waals surface area contributed by atoms with Crippen LogP contribution < -0.4 is 10.2 Å². The highest BCUT2D eigenvalue weighted by atomic mass is 16.4. The molecule has 0 radical (unpaired) electrons. The van der Waals surface area contributed by atoms with Gasteiger partial charge in [0.15, 0.2) is 5.69 Å². The van der Waals surface area contributed by atoms with Crippen LogP contribution in [0.25, 0.3) is 0 Å². The summed E-state index contributed by atoms with van der Waals surface area (Å²) in [5.41, 5.74) is -0.00617. The minimum absolute atomic E-state index is 0.00617. The van der Waals surface area contributed by atoms with E-state index in [1.54, 1.807) is 12.1 Å². The third-order valence-corrected chi connectivity index (χ3v) is 2.97. The van der Waals surface area contributed by atoms with Crippen molar-refractivity contribution in [2.75, 3.05) is 18.0 Å². The molecule has 2 N–H and O–H groups in total. The van der Waals surface area contributed by atoms with E-state index in [2.05, 4.69) is 10.3 Å². The van der Waals surface area contributed by atoms with Crippen LogP contribution in [0.15, 0.2) is 18.2 Å². The molecule has 2 heterocycles. The molecule has 1 aliphatic heterocycles. The van der Waals surface area contributed by atoms with Crippen LogP contribution in [0.5, 0.6) is 0 Å². The Morgan fingerprint density at radius 1 is 1.61 bits per heavy atom. The van der Waals surface area contributed by atoms with Crippen LogP contribution in [0.3, 0.4) is 0 Å². The van der Waals surface area contributed by atoms with Gasteiger partial charge in [0.05, 0.1) is 0 Å². The molecule has 18 heavy (non-hydrogen) atoms. The van der Waals surface area contributed by atoms with Crippen LogP contribution in [0.4, 0.5) is 5.82 Å². The number of nitrogens with zero attached hydrogens (tertiary/aromatic N) is 2. The summed E-state index contributed by atoms with van der Waals surface area (Å²) >= 11 is 0. The number of rotatable bonds is 3. The summed E-state index contributed by atoms with van der Waals surface area (Å²) in [6.07, 6.45) is 0.658. The number of nitrogens with one attached hydrogen (secondary N) is 1. The molecule has 1 aromatic rings. The topological polar surface area (TPSA) is 82.5 Å². The SMILES string of the molecule is CCC1C(=O)NCCN1c1cccc(C(=O)O)n1. The van der Waals surface area contributed by atoms with Crippen LogP contribution in [0.1, 0.15) is 23.8 Å². The smallest absolute Gasteiger partial charge is 0.354 e. The lowest BCUT2D eigenvalue weighted by Crippen LogP contribution is -2.55. The molecule has 1 amide bonds. The van der Waals surface area contributed by atoms with E-state index in [0.29, 0.717) is 25.3 Å². The van der Waals surface area contributed by atoms with Crippen molar-refractivity contribution in [1.29, 1.82) is 0 Å². The summed E-state index contributed by atoms with van der Waals surface area (Å²) in [6.45, 7) is 3.11. The van der Waals surface area contributed by atoms with Crippen LogP contribution in [-0.4, -0.2) is 41.1 Å². The Balaban J connectivity index is 2.31. The summed E-state index contributed by atoms with van der Waals surface area (Å²) in [4.78, 5) is 28.5. The van der Waals surface area contributed by atoms with E-state index in [-0.39, 0.29) is 17.6 Å². The van der Waals surface area contributed by atoms with E-state index in [1.807, 2.05) is 11.8 Å². The van der Waals surface area contributed by atoms with Gasteiger partial charge in [0.25, 0.3) is 0 Å². The van der Waals surface area contributed by atoms with Crippen LogP contribution in [-0.2, 0) is 4.79 Å². The fourth-order valence-corrected chi connectivity index (χ4v) is 2.10. The summed E-state index contributed by atoms with van der Waals surface area (Å²) in [6, 6.07) is 4.53. The average molecular weight is 249 g/mol. The fraction of sp³-hybridized carbons (Fsp3) is 0.417. The highest BCUT2D eigenvalue weighted by Crippen LogP contribution is 2.18. The van der Waals surface area contributed by atoms with Crippen molar-refractivity contribution >= 4 is 17.7 Å². The molecule has 0 aromatic carbocycles. The van der Waals surface area contributed by atoms with E-state index >= 15 is 0 Å². The lowest BCUT2D eigenvalue weighted by Gasteiger charge is -2.35. The molecule has 6 nitrogen and oxygen atoms in total. The summed E-state index contributed by atoms with van der Waals surface area (Å²) in [7, 11) is 0. The first-order chi connectivity index (χ1) is 8.63. The normalized spacial score (nSPS) is 19.5. The second-order valence-electron chi connectivity index (χ2n) is 4.09. The Bertz CT molecular complexity index is 475. The van der Waals surface area contributed by atoms with Gasteiger partial charge < -0.3 is 15.3 Å². The van der Waals surface area contributed by atoms with Crippen LogP contribution in [0.2, 0.25) is 0 Å². The molecule has 96 valence electrons. The first-order valence-electron chi connectivity index (χ1n) is 5.88. The number of aromatic carboxylic acids is 1. The number of carboxylic acid groups (broad SMARTS) is 1. The molecule has 1 saturated heterocycles. The molecule has 6 heteroatoms. The van der Waals surface area contributed by atoms with Gasteiger partial charge in [-0.05, 0) is 18.6 Å². The standard InChI is InChI=1S/C12H15N3O3/c1-2-9-11(16)13-6-7-15(9)10-5-3-4-8(14-10)12(17)18/h3-5,9H,2,6-7H2,1H3,(H,13,16)(H,17,18). The highest BCUT2D eigenvalue weighted by molar-refractivity contribution is 5.87. The minimum Gasteiger partial charge on any atom is -0.477 e. The summed E-state index contributed by atoms with van der Waals surface area (Å²) in [5, 5.41) is 11.7. The number of carboxylic acids is 1. The molecular weight excluding hydrogens is 234 g/mol. The zero-order valence-corrected chi connectivity index (χ0v) is 10.1. The van der Waals surface area contributed by atoms with Gasteiger partial charge in [-0.2, -0.15) is 0 Å². The molecule has 0 bridgehead atoms. The third kappa shape index (κ3) is 2.27. The number of hydrogen-bond donors (Lipinski definition) is 2. The fourth-order valence-electron chi connectivity index (χ4n) is 2.10. The zero-order valence-electron chi connectivity index (χ0n) is 10.1. The Kier molecular flexibility index (Phi) is 3.45. The van der Waals surface area contributed by atoms with Crippen molar-refractivity contribution in [3.63, 3.8) is 0 Å². The maximum atomic E-state index is 11.7. The predicted octanol–water partition coefficient (Wildman–Crippen LogP) is 0.495. The number of hydrogen-bond acceptors (Lipinski definition) is 4. The van der Waals surface area contributed by atoms with E-state index in [4.69, 9.17) is 5.11 Å². The molecule has 0 aliphatic carbocycles. The van der Waals surface area contributed by atoms with E-state index in [0.717, 1.165) is 0 Å². The molecule has 1 unspecified atom stereocenters. The monoisotopic (exact) mass is 249 g/mol. The van der Waals surface area contributed by atoms with Crippen molar-refractivity contribution in [3.8, 4) is 0 Å². The molecule has 1 fully saturated rings. The van der Waals surface area contributed by atoms with Crippen molar-refractivity contribution in [3.05, 3.63) is 23.9 Å². The van der Waals surface area contributed by atoms with Gasteiger partial charge in [0, 0.05) is 13.1 Å². The van der Waals surface area contributed by atoms with Crippen LogP contribution >= 0.6 is 0 Å². The molecule has 1 aromatic heterocycles. The molecule has 0 saturated carbocycles. The molecule has 2 rings (SSSR count).